The van der Waals surface area contributed by atoms with Gasteiger partial charge in [-0.2, -0.15) is 0 Å². The molecule has 5 rings (SSSR count). The fourth-order valence-corrected chi connectivity index (χ4v) is 3.60. The first-order valence-corrected chi connectivity index (χ1v) is 8.68. The third-order valence-corrected chi connectivity index (χ3v) is 4.91. The maximum absolute atomic E-state index is 5.41. The van der Waals surface area contributed by atoms with E-state index in [1.807, 2.05) is 41.5 Å². The highest BCUT2D eigenvalue weighted by atomic mass is 32.1. The summed E-state index contributed by atoms with van der Waals surface area (Å²) in [5.74, 6) is 1.52. The van der Waals surface area contributed by atoms with Crippen LogP contribution in [0.4, 0.5) is 10.8 Å². The van der Waals surface area contributed by atoms with Gasteiger partial charge in [0.2, 0.25) is 6.79 Å². The average Bonchev–Trinajstić information content (AvgIpc) is 3.35. The molecule has 124 valence electrons. The minimum atomic E-state index is 0.274. The number of hydrogen-bond acceptors (Lipinski definition) is 6. The maximum Gasteiger partial charge on any atom is 0.231 e. The first-order valence-electron chi connectivity index (χ1n) is 7.80. The van der Waals surface area contributed by atoms with Crippen molar-refractivity contribution in [2.45, 2.75) is 0 Å². The van der Waals surface area contributed by atoms with Gasteiger partial charge in [0.05, 0.1) is 23.1 Å². The maximum atomic E-state index is 5.41. The smallest absolute Gasteiger partial charge is 0.231 e. The van der Waals surface area contributed by atoms with E-state index in [-0.39, 0.29) is 6.79 Å². The lowest BCUT2D eigenvalue weighted by molar-refractivity contribution is 0.174. The van der Waals surface area contributed by atoms with Crippen molar-refractivity contribution in [3.8, 4) is 22.8 Å². The molecule has 1 aliphatic heterocycles. The summed E-state index contributed by atoms with van der Waals surface area (Å²) in [6.45, 7) is 0.274. The van der Waals surface area contributed by atoms with E-state index in [1.165, 1.54) is 0 Å². The minimum absolute atomic E-state index is 0.274. The van der Waals surface area contributed by atoms with Gasteiger partial charge >= 0.3 is 0 Å². The Morgan fingerprint density at radius 3 is 3.00 bits per heavy atom. The van der Waals surface area contributed by atoms with Crippen LogP contribution in [0, 0.1) is 0 Å². The van der Waals surface area contributed by atoms with Gasteiger partial charge < -0.3 is 19.4 Å². The molecule has 0 radical (unpaired) electrons. The zero-order chi connectivity index (χ0) is 16.8. The monoisotopic (exact) mass is 350 g/mol. The number of rotatable bonds is 3. The molecule has 0 aliphatic carbocycles. The van der Waals surface area contributed by atoms with Crippen LogP contribution in [-0.2, 0) is 7.05 Å². The molecule has 0 saturated carbocycles. The minimum Gasteiger partial charge on any atom is -0.454 e. The van der Waals surface area contributed by atoms with Crippen molar-refractivity contribution < 1.29 is 9.47 Å². The average molecular weight is 350 g/mol. The Kier molecular flexibility index (Phi) is 3.14. The highest BCUT2D eigenvalue weighted by Crippen LogP contribution is 2.36. The molecular formula is C18H14N4O2S. The normalized spacial score (nSPS) is 12.7. The predicted octanol–water partition coefficient (Wildman–Crippen LogP) is 4.17. The zero-order valence-electron chi connectivity index (χ0n) is 13.4. The highest BCUT2D eigenvalue weighted by Gasteiger charge is 2.14. The van der Waals surface area contributed by atoms with Gasteiger partial charge in [0, 0.05) is 29.7 Å². The Balaban J connectivity index is 1.42. The van der Waals surface area contributed by atoms with Crippen molar-refractivity contribution in [1.29, 1.82) is 0 Å². The summed E-state index contributed by atoms with van der Waals surface area (Å²) in [4.78, 5) is 9.09. The van der Waals surface area contributed by atoms with Crippen LogP contribution in [0.25, 0.3) is 22.3 Å². The van der Waals surface area contributed by atoms with Crippen molar-refractivity contribution in [2.24, 2.45) is 7.05 Å². The molecular weight excluding hydrogens is 336 g/mol. The lowest BCUT2D eigenvalue weighted by atomic mass is 10.1. The van der Waals surface area contributed by atoms with Crippen LogP contribution in [0.3, 0.4) is 0 Å². The van der Waals surface area contributed by atoms with Crippen LogP contribution in [0.1, 0.15) is 0 Å². The van der Waals surface area contributed by atoms with E-state index in [2.05, 4.69) is 33.5 Å². The van der Waals surface area contributed by atoms with E-state index in [0.717, 1.165) is 44.6 Å². The fourth-order valence-electron chi connectivity index (χ4n) is 2.86. The van der Waals surface area contributed by atoms with Gasteiger partial charge in [0.25, 0.3) is 0 Å². The summed E-state index contributed by atoms with van der Waals surface area (Å²) in [5.41, 5.74) is 4.99. The molecule has 7 heteroatoms. The van der Waals surface area contributed by atoms with E-state index in [4.69, 9.17) is 9.47 Å². The Labute approximate surface area is 147 Å². The van der Waals surface area contributed by atoms with Gasteiger partial charge in [-0.05, 0) is 24.3 Å². The first kappa shape index (κ1) is 14.3. The molecule has 0 saturated heterocycles. The van der Waals surface area contributed by atoms with Crippen LogP contribution in [0.15, 0.2) is 48.1 Å². The lowest BCUT2D eigenvalue weighted by Crippen LogP contribution is -1.93. The van der Waals surface area contributed by atoms with Crippen molar-refractivity contribution in [2.75, 3.05) is 12.1 Å². The van der Waals surface area contributed by atoms with Gasteiger partial charge in [-0.25, -0.2) is 9.97 Å². The summed E-state index contributed by atoms with van der Waals surface area (Å²) >= 11 is 1.56. The molecule has 1 N–H and O–H groups in total. The molecule has 25 heavy (non-hydrogen) atoms. The topological polar surface area (TPSA) is 61.2 Å². The molecule has 0 fully saturated rings. The second-order valence-electron chi connectivity index (χ2n) is 5.79. The Bertz CT molecular complexity index is 1090. The van der Waals surface area contributed by atoms with E-state index < -0.39 is 0 Å². The van der Waals surface area contributed by atoms with Crippen molar-refractivity contribution in [3.05, 3.63) is 48.1 Å². The summed E-state index contributed by atoms with van der Waals surface area (Å²) < 4.78 is 12.7. The number of aryl methyl sites for hydroxylation is 1. The van der Waals surface area contributed by atoms with E-state index in [1.54, 1.807) is 11.3 Å². The summed E-state index contributed by atoms with van der Waals surface area (Å²) in [6, 6.07) is 12.0. The number of nitrogens with zero attached hydrogens (tertiary/aromatic N) is 3. The van der Waals surface area contributed by atoms with Gasteiger partial charge in [-0.15, -0.1) is 11.3 Å². The SMILES string of the molecule is Cn1cnc2cc(-c3csc(Nc4ccc5c(c4)OCO5)n3)ccc21. The zero-order valence-corrected chi connectivity index (χ0v) is 14.2. The van der Waals surface area contributed by atoms with Gasteiger partial charge in [0.15, 0.2) is 16.6 Å². The molecule has 0 atom stereocenters. The molecule has 0 bridgehead atoms. The number of aromatic nitrogens is 3. The molecule has 6 nitrogen and oxygen atoms in total. The third-order valence-electron chi connectivity index (χ3n) is 4.15. The second-order valence-corrected chi connectivity index (χ2v) is 6.65. The fraction of sp³-hybridized carbons (Fsp3) is 0.111. The lowest BCUT2D eigenvalue weighted by Gasteiger charge is -2.03. The first-order chi connectivity index (χ1) is 12.3. The number of thiazole rings is 1. The van der Waals surface area contributed by atoms with Crippen molar-refractivity contribution in [1.82, 2.24) is 14.5 Å². The molecule has 2 aromatic heterocycles. The van der Waals surface area contributed by atoms with E-state index >= 15 is 0 Å². The van der Waals surface area contributed by atoms with Crippen LogP contribution in [-0.4, -0.2) is 21.3 Å². The van der Waals surface area contributed by atoms with Gasteiger partial charge in [-0.3, -0.25) is 0 Å². The van der Waals surface area contributed by atoms with Crippen molar-refractivity contribution >= 4 is 33.2 Å². The molecule has 2 aromatic carbocycles. The highest BCUT2D eigenvalue weighted by molar-refractivity contribution is 7.14. The number of benzene rings is 2. The third kappa shape index (κ3) is 2.49. The Morgan fingerprint density at radius 1 is 1.12 bits per heavy atom. The van der Waals surface area contributed by atoms with Crippen LogP contribution in [0.5, 0.6) is 11.5 Å². The van der Waals surface area contributed by atoms with Crippen LogP contribution < -0.4 is 14.8 Å². The molecule has 0 unspecified atom stereocenters. The van der Waals surface area contributed by atoms with Gasteiger partial charge in [0.1, 0.15) is 0 Å². The van der Waals surface area contributed by atoms with Gasteiger partial charge in [-0.1, -0.05) is 6.07 Å². The second kappa shape index (κ2) is 5.49. The van der Waals surface area contributed by atoms with Crippen molar-refractivity contribution in [3.63, 3.8) is 0 Å². The molecule has 0 spiro atoms. The number of hydrogen-bond donors (Lipinski definition) is 1. The van der Waals surface area contributed by atoms with E-state index in [0.29, 0.717) is 0 Å². The predicted molar refractivity (Wildman–Crippen MR) is 97.7 cm³/mol. The number of imidazole rings is 1. The molecule has 4 aromatic rings. The number of anilines is 2. The Morgan fingerprint density at radius 2 is 2.04 bits per heavy atom. The number of ether oxygens (including phenoxy) is 2. The van der Waals surface area contributed by atoms with Crippen LogP contribution in [0.2, 0.25) is 0 Å². The molecule has 1 aliphatic rings. The quantitative estimate of drug-likeness (QED) is 0.601. The summed E-state index contributed by atoms with van der Waals surface area (Å²) in [5, 5.41) is 6.19. The summed E-state index contributed by atoms with van der Waals surface area (Å²) in [7, 11) is 1.99. The van der Waals surface area contributed by atoms with E-state index in [9.17, 15) is 0 Å². The summed E-state index contributed by atoms with van der Waals surface area (Å²) in [6.07, 6.45) is 1.82. The molecule has 0 amide bonds. The van der Waals surface area contributed by atoms with Crippen LogP contribution >= 0.6 is 11.3 Å². The largest absolute Gasteiger partial charge is 0.454 e. The number of fused-ring (bicyclic) bond motifs is 2. The number of nitrogens with one attached hydrogen (secondary N) is 1. The standard InChI is InChI=1S/C18H14N4O2S/c1-22-9-19-13-6-11(2-4-15(13)22)14-8-25-18(21-14)20-12-3-5-16-17(7-12)24-10-23-16/h2-9H,10H2,1H3,(H,20,21). The molecule has 3 heterocycles. The Hall–Kier alpha value is -3.06.